The topological polar surface area (TPSA) is 29.9 Å². The second kappa shape index (κ2) is 7.99. The van der Waals surface area contributed by atoms with E-state index in [0.717, 1.165) is 32.4 Å². The van der Waals surface area contributed by atoms with Crippen molar-refractivity contribution in [1.82, 2.24) is 15.1 Å². The molecule has 1 aromatic carbocycles. The number of aromatic nitrogens is 2. The van der Waals surface area contributed by atoms with Crippen LogP contribution in [0, 0.1) is 6.92 Å². The van der Waals surface area contributed by atoms with E-state index in [2.05, 4.69) is 61.6 Å². The largest absolute Gasteiger partial charge is 0.310 e. The molecule has 0 saturated heterocycles. The van der Waals surface area contributed by atoms with Gasteiger partial charge in [0.1, 0.15) is 0 Å². The van der Waals surface area contributed by atoms with Crippen molar-refractivity contribution in [1.29, 1.82) is 0 Å². The van der Waals surface area contributed by atoms with Crippen LogP contribution < -0.4 is 5.32 Å². The fourth-order valence-corrected chi connectivity index (χ4v) is 2.62. The lowest BCUT2D eigenvalue weighted by Crippen LogP contribution is -2.22. The molecule has 0 fully saturated rings. The van der Waals surface area contributed by atoms with Gasteiger partial charge in [0.2, 0.25) is 0 Å². The quantitative estimate of drug-likeness (QED) is 0.797. The van der Waals surface area contributed by atoms with E-state index in [4.69, 9.17) is 0 Å². The predicted octanol–water partition coefficient (Wildman–Crippen LogP) is 3.88. The van der Waals surface area contributed by atoms with Gasteiger partial charge in [-0.15, -0.1) is 0 Å². The molecule has 1 aromatic heterocycles. The molecule has 0 bridgehead atoms. The van der Waals surface area contributed by atoms with Crippen LogP contribution in [0.15, 0.2) is 36.7 Å². The molecule has 0 aliphatic heterocycles. The summed E-state index contributed by atoms with van der Waals surface area (Å²) in [4.78, 5) is 0. The zero-order valence-corrected chi connectivity index (χ0v) is 13.5. The first-order valence-corrected chi connectivity index (χ1v) is 8.04. The zero-order valence-electron chi connectivity index (χ0n) is 13.5. The average molecular weight is 285 g/mol. The van der Waals surface area contributed by atoms with Gasteiger partial charge in [0.15, 0.2) is 0 Å². The third kappa shape index (κ3) is 4.71. The first-order valence-electron chi connectivity index (χ1n) is 8.04. The van der Waals surface area contributed by atoms with Crippen LogP contribution in [0.2, 0.25) is 0 Å². The molecule has 21 heavy (non-hydrogen) atoms. The van der Waals surface area contributed by atoms with Crippen molar-refractivity contribution < 1.29 is 0 Å². The van der Waals surface area contributed by atoms with Gasteiger partial charge in [-0.3, -0.25) is 4.68 Å². The normalized spacial score (nSPS) is 12.5. The fourth-order valence-electron chi connectivity index (χ4n) is 2.62. The summed E-state index contributed by atoms with van der Waals surface area (Å²) in [5.74, 6) is 0. The minimum absolute atomic E-state index is 0.394. The van der Waals surface area contributed by atoms with Gasteiger partial charge in [0.05, 0.1) is 6.20 Å². The Bertz CT molecular complexity index is 545. The van der Waals surface area contributed by atoms with E-state index < -0.39 is 0 Å². The van der Waals surface area contributed by atoms with Gasteiger partial charge in [-0.05, 0) is 45.2 Å². The van der Waals surface area contributed by atoms with Gasteiger partial charge in [-0.25, -0.2) is 0 Å². The van der Waals surface area contributed by atoms with Crippen molar-refractivity contribution in [3.8, 4) is 0 Å². The minimum atomic E-state index is 0.394. The van der Waals surface area contributed by atoms with Gasteiger partial charge in [-0.2, -0.15) is 5.10 Å². The summed E-state index contributed by atoms with van der Waals surface area (Å²) in [5, 5.41) is 8.06. The Morgan fingerprint density at radius 1 is 1.29 bits per heavy atom. The van der Waals surface area contributed by atoms with E-state index in [9.17, 15) is 0 Å². The molecular weight excluding hydrogens is 258 g/mol. The van der Waals surface area contributed by atoms with Crippen molar-refractivity contribution in [2.75, 3.05) is 6.54 Å². The van der Waals surface area contributed by atoms with Gasteiger partial charge < -0.3 is 5.32 Å². The van der Waals surface area contributed by atoms with E-state index in [-0.39, 0.29) is 0 Å². The monoisotopic (exact) mass is 285 g/mol. The molecule has 2 rings (SSSR count). The van der Waals surface area contributed by atoms with Crippen molar-refractivity contribution in [2.45, 2.75) is 52.6 Å². The highest BCUT2D eigenvalue weighted by Gasteiger charge is 2.12. The predicted molar refractivity (Wildman–Crippen MR) is 88.4 cm³/mol. The molecule has 0 radical (unpaired) electrons. The van der Waals surface area contributed by atoms with Crippen LogP contribution in [0.5, 0.6) is 0 Å². The molecule has 2 aromatic rings. The number of nitrogens with zero attached hydrogens (tertiary/aromatic N) is 2. The Kier molecular flexibility index (Phi) is 6.00. The molecule has 114 valence electrons. The number of aryl methyl sites for hydroxylation is 3. The number of hydrogen-bond donors (Lipinski definition) is 1. The standard InChI is InChI=1S/C18H27N3/c1-4-11-19-18(17-13-20-21(5-2)14-17)10-9-16-8-6-7-15(3)12-16/h6-8,12-14,18-19H,4-5,9-11H2,1-3H3. The lowest BCUT2D eigenvalue weighted by Gasteiger charge is -2.17. The Labute approximate surface area is 128 Å². The van der Waals surface area contributed by atoms with Crippen LogP contribution >= 0.6 is 0 Å². The summed E-state index contributed by atoms with van der Waals surface area (Å²) in [5.41, 5.74) is 4.06. The first kappa shape index (κ1) is 15.8. The van der Waals surface area contributed by atoms with Gasteiger partial charge >= 0.3 is 0 Å². The van der Waals surface area contributed by atoms with Crippen LogP contribution in [0.3, 0.4) is 0 Å². The van der Waals surface area contributed by atoms with Crippen molar-refractivity contribution in [3.63, 3.8) is 0 Å². The summed E-state index contributed by atoms with van der Waals surface area (Å²) < 4.78 is 2.00. The fraction of sp³-hybridized carbons (Fsp3) is 0.500. The molecule has 0 aliphatic carbocycles. The zero-order chi connectivity index (χ0) is 15.1. The van der Waals surface area contributed by atoms with Crippen LogP contribution in [0.4, 0.5) is 0 Å². The lowest BCUT2D eigenvalue weighted by molar-refractivity contribution is 0.498. The summed E-state index contributed by atoms with van der Waals surface area (Å²) >= 11 is 0. The molecule has 1 N–H and O–H groups in total. The molecule has 1 heterocycles. The Hall–Kier alpha value is -1.61. The maximum Gasteiger partial charge on any atom is 0.0537 e. The van der Waals surface area contributed by atoms with Gasteiger partial charge in [0, 0.05) is 24.3 Å². The molecule has 3 heteroatoms. The molecule has 0 spiro atoms. The lowest BCUT2D eigenvalue weighted by atomic mass is 10.00. The van der Waals surface area contributed by atoms with E-state index in [1.807, 2.05) is 10.9 Å². The van der Waals surface area contributed by atoms with E-state index in [1.54, 1.807) is 0 Å². The van der Waals surface area contributed by atoms with Crippen molar-refractivity contribution in [2.24, 2.45) is 0 Å². The highest BCUT2D eigenvalue weighted by atomic mass is 15.3. The molecule has 0 saturated carbocycles. The summed E-state index contributed by atoms with van der Waals surface area (Å²) in [6, 6.07) is 9.20. The molecular formula is C18H27N3. The SMILES string of the molecule is CCCNC(CCc1cccc(C)c1)c1cnn(CC)c1. The molecule has 0 amide bonds. The van der Waals surface area contributed by atoms with Gasteiger partial charge in [-0.1, -0.05) is 36.8 Å². The molecule has 1 unspecified atom stereocenters. The van der Waals surface area contributed by atoms with Crippen LogP contribution in [-0.2, 0) is 13.0 Å². The van der Waals surface area contributed by atoms with E-state index in [1.165, 1.54) is 16.7 Å². The van der Waals surface area contributed by atoms with E-state index >= 15 is 0 Å². The number of rotatable bonds is 8. The maximum absolute atomic E-state index is 4.41. The highest BCUT2D eigenvalue weighted by Crippen LogP contribution is 2.19. The van der Waals surface area contributed by atoms with Gasteiger partial charge in [0.25, 0.3) is 0 Å². The van der Waals surface area contributed by atoms with Crippen molar-refractivity contribution >= 4 is 0 Å². The summed E-state index contributed by atoms with van der Waals surface area (Å²) in [7, 11) is 0. The number of hydrogen-bond acceptors (Lipinski definition) is 2. The molecule has 1 atom stereocenters. The minimum Gasteiger partial charge on any atom is -0.310 e. The number of benzene rings is 1. The Morgan fingerprint density at radius 3 is 2.81 bits per heavy atom. The van der Waals surface area contributed by atoms with E-state index in [0.29, 0.717) is 6.04 Å². The van der Waals surface area contributed by atoms with Crippen LogP contribution in [0.25, 0.3) is 0 Å². The Balaban J connectivity index is 2.02. The average Bonchev–Trinajstić information content (AvgIpc) is 2.96. The maximum atomic E-state index is 4.41. The molecule has 0 aliphatic rings. The first-order chi connectivity index (χ1) is 10.2. The summed E-state index contributed by atoms with van der Waals surface area (Å²) in [6.07, 6.45) is 7.54. The smallest absolute Gasteiger partial charge is 0.0537 e. The second-order valence-corrected chi connectivity index (χ2v) is 5.66. The summed E-state index contributed by atoms with van der Waals surface area (Å²) in [6.45, 7) is 8.47. The van der Waals surface area contributed by atoms with Crippen molar-refractivity contribution in [3.05, 3.63) is 53.3 Å². The third-order valence-corrected chi connectivity index (χ3v) is 3.82. The highest BCUT2D eigenvalue weighted by molar-refractivity contribution is 5.23. The second-order valence-electron chi connectivity index (χ2n) is 5.66. The number of nitrogens with one attached hydrogen (secondary N) is 1. The van der Waals surface area contributed by atoms with Crippen LogP contribution in [-0.4, -0.2) is 16.3 Å². The third-order valence-electron chi connectivity index (χ3n) is 3.82. The molecule has 3 nitrogen and oxygen atoms in total. The van der Waals surface area contributed by atoms with Crippen LogP contribution in [0.1, 0.15) is 49.4 Å². The Morgan fingerprint density at radius 2 is 2.14 bits per heavy atom.